The summed E-state index contributed by atoms with van der Waals surface area (Å²) in [4.78, 5) is 12.7. The average molecular weight is 431 g/mol. The van der Waals surface area contributed by atoms with E-state index in [4.69, 9.17) is 22.1 Å². The van der Waals surface area contributed by atoms with E-state index in [1.54, 1.807) is 0 Å². The van der Waals surface area contributed by atoms with Gasteiger partial charge < -0.3 is 15.8 Å². The number of amides is 1. The zero-order chi connectivity index (χ0) is 19.5. The highest BCUT2D eigenvalue weighted by molar-refractivity contribution is 6.30. The number of carbonyl (C=O) groups excluding carboxylic acids is 1. The molecule has 160 valence electrons. The molecule has 1 unspecified atom stereocenters. The summed E-state index contributed by atoms with van der Waals surface area (Å²) in [6.07, 6.45) is 8.56. The maximum atomic E-state index is 12.7. The minimum atomic E-state index is -0.0784. The maximum absolute atomic E-state index is 12.7. The average Bonchev–Trinajstić information content (AvgIpc) is 2.69. The van der Waals surface area contributed by atoms with Gasteiger partial charge >= 0.3 is 0 Å². The molecule has 1 heterocycles. The summed E-state index contributed by atoms with van der Waals surface area (Å²) in [5.41, 5.74) is 6.73. The van der Waals surface area contributed by atoms with Gasteiger partial charge in [0.25, 0.3) is 0 Å². The topological polar surface area (TPSA) is 64.4 Å². The molecule has 0 aliphatic carbocycles. The van der Waals surface area contributed by atoms with E-state index < -0.39 is 0 Å². The molecule has 0 spiro atoms. The molecule has 1 fully saturated rings. The Hall–Kier alpha value is -0.810. The molecule has 0 saturated carbocycles. The molecule has 1 aliphatic rings. The predicted molar refractivity (Wildman–Crippen MR) is 119 cm³/mol. The van der Waals surface area contributed by atoms with E-state index in [1.807, 2.05) is 12.1 Å². The SMILES string of the molecule is CCCCC(NC(=O)CCCCCN)C1(c2ccc(Cl)cc2)CCOCC1.Cl. The first-order chi connectivity index (χ1) is 13.1. The summed E-state index contributed by atoms with van der Waals surface area (Å²) in [5.74, 6) is 0.160. The largest absolute Gasteiger partial charge is 0.381 e. The molecule has 0 bridgehead atoms. The van der Waals surface area contributed by atoms with Crippen molar-refractivity contribution in [3.63, 3.8) is 0 Å². The Morgan fingerprint density at radius 1 is 1.18 bits per heavy atom. The third kappa shape index (κ3) is 7.22. The van der Waals surface area contributed by atoms with Gasteiger partial charge in [-0.25, -0.2) is 0 Å². The molecule has 3 N–H and O–H groups in total. The number of benzene rings is 1. The van der Waals surface area contributed by atoms with Gasteiger partial charge in [0.1, 0.15) is 0 Å². The molecule has 1 aliphatic heterocycles. The van der Waals surface area contributed by atoms with Gasteiger partial charge in [-0.15, -0.1) is 12.4 Å². The van der Waals surface area contributed by atoms with Gasteiger partial charge in [-0.3, -0.25) is 4.79 Å². The standard InChI is InChI=1S/C22H35ClN2O2.ClH/c1-2-3-7-20(25-21(26)8-5-4-6-15-24)22(13-16-27-17-14-22)18-9-11-19(23)12-10-18;/h9-12,20H,2-8,13-17,24H2,1H3,(H,25,26);1H. The molecular formula is C22H36Cl2N2O2. The molecule has 0 radical (unpaired) electrons. The summed E-state index contributed by atoms with van der Waals surface area (Å²) < 4.78 is 5.67. The van der Waals surface area contributed by atoms with Crippen LogP contribution in [0, 0.1) is 0 Å². The molecule has 1 atom stereocenters. The number of carbonyl (C=O) groups is 1. The molecule has 1 aromatic rings. The van der Waals surface area contributed by atoms with Crippen molar-refractivity contribution in [1.29, 1.82) is 0 Å². The van der Waals surface area contributed by atoms with Gasteiger partial charge in [0.2, 0.25) is 5.91 Å². The fraction of sp³-hybridized carbons (Fsp3) is 0.682. The highest BCUT2D eigenvalue weighted by atomic mass is 35.5. The lowest BCUT2D eigenvalue weighted by molar-refractivity contribution is -0.123. The predicted octanol–water partition coefficient (Wildman–Crippen LogP) is 5.00. The van der Waals surface area contributed by atoms with Crippen molar-refractivity contribution < 1.29 is 9.53 Å². The first-order valence-corrected chi connectivity index (χ1v) is 10.8. The number of halogens is 2. The highest BCUT2D eigenvalue weighted by Crippen LogP contribution is 2.40. The number of hydrogen-bond acceptors (Lipinski definition) is 3. The normalized spacial score (nSPS) is 16.8. The lowest BCUT2D eigenvalue weighted by Crippen LogP contribution is -2.53. The monoisotopic (exact) mass is 430 g/mol. The number of unbranched alkanes of at least 4 members (excludes halogenated alkanes) is 3. The smallest absolute Gasteiger partial charge is 0.220 e. The van der Waals surface area contributed by atoms with Gasteiger partial charge in [0.15, 0.2) is 0 Å². The molecule has 1 aromatic carbocycles. The molecule has 28 heavy (non-hydrogen) atoms. The molecule has 2 rings (SSSR count). The Morgan fingerprint density at radius 2 is 1.86 bits per heavy atom. The van der Waals surface area contributed by atoms with E-state index in [9.17, 15) is 4.79 Å². The zero-order valence-electron chi connectivity index (χ0n) is 17.1. The maximum Gasteiger partial charge on any atom is 0.220 e. The Balaban J connectivity index is 0.00000392. The van der Waals surface area contributed by atoms with Crippen molar-refractivity contribution in [2.45, 2.75) is 76.2 Å². The van der Waals surface area contributed by atoms with Gasteiger partial charge in [-0.2, -0.15) is 0 Å². The Kier molecular flexibility index (Phi) is 12.1. The van der Waals surface area contributed by atoms with E-state index >= 15 is 0 Å². The van der Waals surface area contributed by atoms with E-state index in [0.717, 1.165) is 69.6 Å². The van der Waals surface area contributed by atoms with Crippen molar-refractivity contribution in [3.8, 4) is 0 Å². The Morgan fingerprint density at radius 3 is 2.46 bits per heavy atom. The van der Waals surface area contributed by atoms with Crippen LogP contribution in [0.3, 0.4) is 0 Å². The number of nitrogens with one attached hydrogen (secondary N) is 1. The van der Waals surface area contributed by atoms with Crippen LogP contribution in [0.5, 0.6) is 0 Å². The second-order valence-electron chi connectivity index (χ2n) is 7.64. The molecular weight excluding hydrogens is 395 g/mol. The molecule has 6 heteroatoms. The van der Waals surface area contributed by atoms with E-state index in [0.29, 0.717) is 13.0 Å². The number of rotatable bonds is 11. The van der Waals surface area contributed by atoms with Crippen molar-refractivity contribution in [2.24, 2.45) is 5.73 Å². The van der Waals surface area contributed by atoms with E-state index in [-0.39, 0.29) is 29.8 Å². The van der Waals surface area contributed by atoms with Crippen LogP contribution in [-0.4, -0.2) is 31.7 Å². The first-order valence-electron chi connectivity index (χ1n) is 10.5. The van der Waals surface area contributed by atoms with Crippen LogP contribution in [0.4, 0.5) is 0 Å². The minimum Gasteiger partial charge on any atom is -0.381 e. The summed E-state index contributed by atoms with van der Waals surface area (Å²) in [6.45, 7) is 4.36. The van der Waals surface area contributed by atoms with Crippen molar-refractivity contribution in [1.82, 2.24) is 5.32 Å². The van der Waals surface area contributed by atoms with Gasteiger partial charge in [-0.05, 0) is 56.3 Å². The van der Waals surface area contributed by atoms with Crippen LogP contribution in [0.15, 0.2) is 24.3 Å². The number of nitrogens with two attached hydrogens (primary N) is 1. The van der Waals surface area contributed by atoms with Crippen LogP contribution >= 0.6 is 24.0 Å². The fourth-order valence-corrected chi connectivity index (χ4v) is 4.25. The second kappa shape index (κ2) is 13.4. The molecule has 0 aromatic heterocycles. The second-order valence-corrected chi connectivity index (χ2v) is 8.07. The van der Waals surface area contributed by atoms with Crippen LogP contribution in [0.1, 0.15) is 70.3 Å². The Labute approximate surface area is 181 Å². The van der Waals surface area contributed by atoms with Gasteiger partial charge in [-0.1, -0.05) is 49.9 Å². The van der Waals surface area contributed by atoms with Crippen molar-refractivity contribution >= 4 is 29.9 Å². The minimum absolute atomic E-state index is 0. The van der Waals surface area contributed by atoms with E-state index in [1.165, 1.54) is 5.56 Å². The van der Waals surface area contributed by atoms with Gasteiger partial charge in [0, 0.05) is 36.1 Å². The summed E-state index contributed by atoms with van der Waals surface area (Å²) >= 11 is 6.12. The Bertz CT molecular complexity index is 560. The summed E-state index contributed by atoms with van der Waals surface area (Å²) in [7, 11) is 0. The summed E-state index contributed by atoms with van der Waals surface area (Å²) in [6, 6.07) is 8.30. The van der Waals surface area contributed by atoms with Crippen molar-refractivity contribution in [2.75, 3.05) is 19.8 Å². The van der Waals surface area contributed by atoms with Crippen LogP contribution < -0.4 is 11.1 Å². The lowest BCUT2D eigenvalue weighted by Gasteiger charge is -2.44. The van der Waals surface area contributed by atoms with Crippen LogP contribution in [0.2, 0.25) is 5.02 Å². The number of ether oxygens (including phenoxy) is 1. The third-order valence-corrected chi connectivity index (χ3v) is 6.01. The highest BCUT2D eigenvalue weighted by Gasteiger charge is 2.42. The third-order valence-electron chi connectivity index (χ3n) is 5.76. The zero-order valence-corrected chi connectivity index (χ0v) is 18.6. The van der Waals surface area contributed by atoms with Crippen LogP contribution in [0.25, 0.3) is 0 Å². The van der Waals surface area contributed by atoms with Crippen molar-refractivity contribution in [3.05, 3.63) is 34.9 Å². The lowest BCUT2D eigenvalue weighted by atomic mass is 9.67. The first kappa shape index (κ1) is 25.2. The van der Waals surface area contributed by atoms with E-state index in [2.05, 4.69) is 24.4 Å². The number of hydrogen-bond donors (Lipinski definition) is 2. The quantitative estimate of drug-likeness (QED) is 0.485. The fourth-order valence-electron chi connectivity index (χ4n) is 4.12. The molecule has 1 amide bonds. The van der Waals surface area contributed by atoms with Gasteiger partial charge in [0.05, 0.1) is 0 Å². The molecule has 4 nitrogen and oxygen atoms in total. The molecule has 1 saturated heterocycles. The summed E-state index contributed by atoms with van der Waals surface area (Å²) in [5, 5.41) is 4.14. The van der Waals surface area contributed by atoms with Crippen LogP contribution in [-0.2, 0) is 14.9 Å².